The highest BCUT2D eigenvalue weighted by atomic mass is 16.5. The van der Waals surface area contributed by atoms with E-state index in [2.05, 4.69) is 26.0 Å². The van der Waals surface area contributed by atoms with Crippen LogP contribution in [0, 0.1) is 0 Å². The Bertz CT molecular complexity index is 588. The third-order valence-corrected chi connectivity index (χ3v) is 3.64. The maximum atomic E-state index is 10.5. The summed E-state index contributed by atoms with van der Waals surface area (Å²) in [5.74, 6) is 1.76. The average Bonchev–Trinajstić information content (AvgIpc) is 2.53. The predicted molar refractivity (Wildman–Crippen MR) is 84.1 cm³/mol. The highest BCUT2D eigenvalue weighted by Crippen LogP contribution is 2.32. The fourth-order valence-electron chi connectivity index (χ4n) is 2.28. The van der Waals surface area contributed by atoms with Crippen LogP contribution < -0.4 is 9.47 Å². The number of ether oxygens (including phenoxy) is 2. The van der Waals surface area contributed by atoms with Gasteiger partial charge in [0.2, 0.25) is 0 Å². The third-order valence-electron chi connectivity index (χ3n) is 3.64. The van der Waals surface area contributed by atoms with Gasteiger partial charge in [-0.25, -0.2) is 0 Å². The van der Waals surface area contributed by atoms with Gasteiger partial charge in [-0.2, -0.15) is 0 Å². The second-order valence-electron chi connectivity index (χ2n) is 5.34. The summed E-state index contributed by atoms with van der Waals surface area (Å²) in [6, 6.07) is 13.5. The van der Waals surface area contributed by atoms with Gasteiger partial charge in [-0.15, -0.1) is 0 Å². The van der Waals surface area contributed by atoms with Crippen LogP contribution in [-0.2, 0) is 0 Å². The van der Waals surface area contributed by atoms with Crippen molar-refractivity contribution >= 4 is 0 Å². The number of aliphatic hydroxyl groups excluding tert-OH is 1. The van der Waals surface area contributed by atoms with E-state index in [9.17, 15) is 5.11 Å². The summed E-state index contributed by atoms with van der Waals surface area (Å²) in [6.45, 7) is 4.31. The van der Waals surface area contributed by atoms with Gasteiger partial charge in [-0.05, 0) is 34.7 Å². The fourth-order valence-corrected chi connectivity index (χ4v) is 2.28. The number of benzene rings is 2. The molecule has 0 amide bonds. The van der Waals surface area contributed by atoms with E-state index in [1.807, 2.05) is 18.2 Å². The zero-order valence-corrected chi connectivity index (χ0v) is 13.0. The van der Waals surface area contributed by atoms with E-state index >= 15 is 0 Å². The van der Waals surface area contributed by atoms with Crippen molar-refractivity contribution in [2.24, 2.45) is 0 Å². The SMILES string of the molecule is COc1ccc(C(O)c2ccc(C(C)C)cc2)cc1OC. The first-order valence-corrected chi connectivity index (χ1v) is 7.06. The molecule has 0 saturated heterocycles. The number of rotatable bonds is 5. The third kappa shape index (κ3) is 3.37. The Kier molecular flexibility index (Phi) is 4.86. The summed E-state index contributed by atoms with van der Waals surface area (Å²) >= 11 is 0. The van der Waals surface area contributed by atoms with Crippen LogP contribution in [0.4, 0.5) is 0 Å². The molecule has 0 saturated carbocycles. The molecule has 3 heteroatoms. The van der Waals surface area contributed by atoms with Crippen LogP contribution in [0.3, 0.4) is 0 Å². The lowest BCUT2D eigenvalue weighted by atomic mass is 9.97. The van der Waals surface area contributed by atoms with Gasteiger partial charge < -0.3 is 14.6 Å². The monoisotopic (exact) mass is 286 g/mol. The first kappa shape index (κ1) is 15.4. The molecule has 0 aliphatic carbocycles. The van der Waals surface area contributed by atoms with Crippen LogP contribution in [0.2, 0.25) is 0 Å². The lowest BCUT2D eigenvalue weighted by Crippen LogP contribution is -2.01. The first-order chi connectivity index (χ1) is 10.1. The van der Waals surface area contributed by atoms with Gasteiger partial charge >= 0.3 is 0 Å². The van der Waals surface area contributed by atoms with Crippen molar-refractivity contribution in [3.63, 3.8) is 0 Å². The Labute approximate surface area is 126 Å². The van der Waals surface area contributed by atoms with Gasteiger partial charge in [0, 0.05) is 0 Å². The molecule has 0 bridgehead atoms. The Morgan fingerprint density at radius 2 is 1.29 bits per heavy atom. The summed E-state index contributed by atoms with van der Waals surface area (Å²) in [5, 5.41) is 10.5. The molecule has 112 valence electrons. The molecule has 21 heavy (non-hydrogen) atoms. The topological polar surface area (TPSA) is 38.7 Å². The molecule has 0 spiro atoms. The van der Waals surface area contributed by atoms with Gasteiger partial charge in [0.05, 0.1) is 14.2 Å². The van der Waals surface area contributed by atoms with E-state index in [1.54, 1.807) is 26.4 Å². The van der Waals surface area contributed by atoms with Crippen LogP contribution in [-0.4, -0.2) is 19.3 Å². The van der Waals surface area contributed by atoms with E-state index in [0.29, 0.717) is 17.4 Å². The van der Waals surface area contributed by atoms with Crippen molar-refractivity contribution < 1.29 is 14.6 Å². The molecule has 2 rings (SSSR count). The molecule has 0 aromatic heterocycles. The predicted octanol–water partition coefficient (Wildman–Crippen LogP) is 3.91. The van der Waals surface area contributed by atoms with Crippen molar-refractivity contribution in [1.29, 1.82) is 0 Å². The number of aliphatic hydroxyl groups is 1. The molecule has 3 nitrogen and oxygen atoms in total. The summed E-state index contributed by atoms with van der Waals surface area (Å²) in [6.07, 6.45) is -0.675. The average molecular weight is 286 g/mol. The maximum absolute atomic E-state index is 10.5. The van der Waals surface area contributed by atoms with Crippen molar-refractivity contribution in [1.82, 2.24) is 0 Å². The van der Waals surface area contributed by atoms with E-state index in [1.165, 1.54) is 5.56 Å². The largest absolute Gasteiger partial charge is 0.493 e. The van der Waals surface area contributed by atoms with Crippen LogP contribution in [0.5, 0.6) is 11.5 Å². The Morgan fingerprint density at radius 1 is 0.762 bits per heavy atom. The van der Waals surface area contributed by atoms with Crippen molar-refractivity contribution in [3.05, 3.63) is 59.2 Å². The molecule has 1 atom stereocenters. The van der Waals surface area contributed by atoms with Crippen molar-refractivity contribution in [2.75, 3.05) is 14.2 Å². The normalized spacial score (nSPS) is 12.3. The van der Waals surface area contributed by atoms with Gasteiger partial charge in [0.1, 0.15) is 6.10 Å². The Hall–Kier alpha value is -2.00. The van der Waals surface area contributed by atoms with Crippen LogP contribution >= 0.6 is 0 Å². The quantitative estimate of drug-likeness (QED) is 0.905. The molecule has 1 unspecified atom stereocenters. The zero-order chi connectivity index (χ0) is 15.4. The number of hydrogen-bond acceptors (Lipinski definition) is 3. The summed E-state index contributed by atoms with van der Waals surface area (Å²) < 4.78 is 10.5. The van der Waals surface area contributed by atoms with Crippen molar-refractivity contribution in [2.45, 2.75) is 25.9 Å². The smallest absolute Gasteiger partial charge is 0.161 e. The first-order valence-electron chi connectivity index (χ1n) is 7.06. The standard InChI is InChI=1S/C18H22O3/c1-12(2)13-5-7-14(8-6-13)18(19)15-9-10-16(20-3)17(11-15)21-4/h5-12,18-19H,1-4H3. The zero-order valence-electron chi connectivity index (χ0n) is 13.0. The molecular weight excluding hydrogens is 264 g/mol. The lowest BCUT2D eigenvalue weighted by molar-refractivity contribution is 0.219. The van der Waals surface area contributed by atoms with Crippen LogP contribution in [0.15, 0.2) is 42.5 Å². The van der Waals surface area contributed by atoms with E-state index in [0.717, 1.165) is 11.1 Å². The van der Waals surface area contributed by atoms with E-state index in [-0.39, 0.29) is 0 Å². The van der Waals surface area contributed by atoms with Gasteiger partial charge in [0.15, 0.2) is 11.5 Å². The van der Waals surface area contributed by atoms with Gasteiger partial charge in [-0.3, -0.25) is 0 Å². The highest BCUT2D eigenvalue weighted by molar-refractivity contribution is 5.45. The van der Waals surface area contributed by atoms with Crippen LogP contribution in [0.25, 0.3) is 0 Å². The molecule has 0 fully saturated rings. The number of methoxy groups -OCH3 is 2. The summed E-state index contributed by atoms with van der Waals surface area (Å²) in [4.78, 5) is 0. The van der Waals surface area contributed by atoms with Crippen LogP contribution in [0.1, 0.15) is 42.6 Å². The Morgan fingerprint density at radius 3 is 1.81 bits per heavy atom. The molecule has 0 aliphatic heterocycles. The maximum Gasteiger partial charge on any atom is 0.161 e. The minimum atomic E-state index is -0.675. The van der Waals surface area contributed by atoms with E-state index < -0.39 is 6.10 Å². The second kappa shape index (κ2) is 6.64. The number of hydrogen-bond donors (Lipinski definition) is 1. The molecule has 0 radical (unpaired) electrons. The molecule has 0 aliphatic rings. The van der Waals surface area contributed by atoms with Gasteiger partial charge in [-0.1, -0.05) is 44.2 Å². The minimum Gasteiger partial charge on any atom is -0.493 e. The lowest BCUT2D eigenvalue weighted by Gasteiger charge is -2.15. The Balaban J connectivity index is 2.28. The highest BCUT2D eigenvalue weighted by Gasteiger charge is 2.14. The van der Waals surface area contributed by atoms with Crippen molar-refractivity contribution in [3.8, 4) is 11.5 Å². The molecule has 2 aromatic carbocycles. The molecule has 2 aromatic rings. The molecular formula is C18H22O3. The second-order valence-corrected chi connectivity index (χ2v) is 5.34. The molecule has 1 N–H and O–H groups in total. The fraction of sp³-hybridized carbons (Fsp3) is 0.333. The van der Waals surface area contributed by atoms with E-state index in [4.69, 9.17) is 9.47 Å². The molecule has 0 heterocycles. The summed E-state index contributed by atoms with van der Waals surface area (Å²) in [7, 11) is 3.18. The summed E-state index contributed by atoms with van der Waals surface area (Å²) in [5.41, 5.74) is 2.91. The van der Waals surface area contributed by atoms with Gasteiger partial charge in [0.25, 0.3) is 0 Å². The minimum absolute atomic E-state index is 0.484.